The minimum absolute atomic E-state index is 0.0814. The molecule has 9 heteroatoms. The van der Waals surface area contributed by atoms with Crippen molar-refractivity contribution in [3.8, 4) is 11.4 Å². The molecule has 0 bridgehead atoms. The van der Waals surface area contributed by atoms with E-state index in [9.17, 15) is 14.9 Å². The van der Waals surface area contributed by atoms with Gasteiger partial charge in [0, 0.05) is 34.3 Å². The smallest absolute Gasteiger partial charge is 0.273 e. The Morgan fingerprint density at radius 3 is 2.69 bits per heavy atom. The van der Waals surface area contributed by atoms with Crippen LogP contribution in [0.25, 0.3) is 5.69 Å². The fourth-order valence-corrected chi connectivity index (χ4v) is 4.21. The summed E-state index contributed by atoms with van der Waals surface area (Å²) in [4.78, 5) is 23.6. The maximum absolute atomic E-state index is 12.9. The van der Waals surface area contributed by atoms with Crippen LogP contribution in [0.5, 0.6) is 5.75 Å². The van der Waals surface area contributed by atoms with E-state index in [1.54, 1.807) is 42.6 Å². The summed E-state index contributed by atoms with van der Waals surface area (Å²) in [5.74, 6) is 2.42. The van der Waals surface area contributed by atoms with Crippen LogP contribution >= 0.6 is 11.8 Å². The minimum Gasteiger partial charge on any atom is -0.497 e. The number of rotatable bonds is 5. The third kappa shape index (κ3) is 3.56. The van der Waals surface area contributed by atoms with Crippen LogP contribution in [-0.4, -0.2) is 27.7 Å². The molecule has 1 amide bonds. The molecule has 1 N–H and O–H groups in total. The zero-order valence-electron chi connectivity index (χ0n) is 15.8. The number of nitro benzene ring substituents is 1. The van der Waals surface area contributed by atoms with Gasteiger partial charge < -0.3 is 10.1 Å². The Balaban J connectivity index is 1.70. The molecule has 1 aliphatic rings. The Morgan fingerprint density at radius 2 is 2.00 bits per heavy atom. The molecule has 1 aliphatic heterocycles. The first kappa shape index (κ1) is 19.0. The van der Waals surface area contributed by atoms with Crippen molar-refractivity contribution in [3.63, 3.8) is 0 Å². The highest BCUT2D eigenvalue weighted by atomic mass is 32.2. The van der Waals surface area contributed by atoms with E-state index in [1.165, 1.54) is 6.07 Å². The third-order valence-electron chi connectivity index (χ3n) is 4.77. The number of methoxy groups -OCH3 is 1. The molecule has 0 fully saturated rings. The molecule has 0 atom stereocenters. The van der Waals surface area contributed by atoms with Gasteiger partial charge in [0.2, 0.25) is 0 Å². The van der Waals surface area contributed by atoms with Crippen LogP contribution in [0.3, 0.4) is 0 Å². The first-order valence-corrected chi connectivity index (χ1v) is 10.0. The first-order valence-electron chi connectivity index (χ1n) is 8.87. The zero-order chi connectivity index (χ0) is 20.5. The average Bonchev–Trinajstić information content (AvgIpc) is 3.31. The lowest BCUT2D eigenvalue weighted by Gasteiger charge is -2.12. The van der Waals surface area contributed by atoms with Gasteiger partial charge in [0.15, 0.2) is 0 Å². The van der Waals surface area contributed by atoms with E-state index in [0.717, 1.165) is 34.2 Å². The summed E-state index contributed by atoms with van der Waals surface area (Å²) < 4.78 is 6.90. The molecule has 0 saturated heterocycles. The quantitative estimate of drug-likeness (QED) is 0.502. The monoisotopic (exact) mass is 410 g/mol. The summed E-state index contributed by atoms with van der Waals surface area (Å²) in [6, 6.07) is 11.8. The van der Waals surface area contributed by atoms with Gasteiger partial charge >= 0.3 is 0 Å². The van der Waals surface area contributed by atoms with Gasteiger partial charge in [-0.2, -0.15) is 16.9 Å². The van der Waals surface area contributed by atoms with E-state index in [2.05, 4.69) is 10.4 Å². The van der Waals surface area contributed by atoms with Gasteiger partial charge in [0.05, 0.1) is 23.4 Å². The Hall–Kier alpha value is -3.33. The molecule has 0 saturated carbocycles. The number of hydrogen-bond donors (Lipinski definition) is 1. The standard InChI is InChI=1S/C20H18N4O4S/c1-12-3-4-13(9-18(12)24(26)27)20(25)21-19-16-10-29-11-17(16)22-23(19)14-5-7-15(28-2)8-6-14/h3-9H,10-11H2,1-2H3,(H,21,25). The van der Waals surface area contributed by atoms with Crippen molar-refractivity contribution < 1.29 is 14.5 Å². The second kappa shape index (κ2) is 7.59. The van der Waals surface area contributed by atoms with Gasteiger partial charge in [0.25, 0.3) is 11.6 Å². The van der Waals surface area contributed by atoms with Gasteiger partial charge in [-0.05, 0) is 37.3 Å². The van der Waals surface area contributed by atoms with Crippen LogP contribution in [0.2, 0.25) is 0 Å². The van der Waals surface area contributed by atoms with Crippen molar-refractivity contribution in [3.05, 3.63) is 75.0 Å². The lowest BCUT2D eigenvalue weighted by atomic mass is 10.1. The molecule has 0 radical (unpaired) electrons. The minimum atomic E-state index is -0.484. The molecular formula is C20H18N4O4S. The lowest BCUT2D eigenvalue weighted by Crippen LogP contribution is -2.16. The molecule has 8 nitrogen and oxygen atoms in total. The van der Waals surface area contributed by atoms with Crippen molar-refractivity contribution in [1.29, 1.82) is 0 Å². The second-order valence-electron chi connectivity index (χ2n) is 6.59. The number of fused-ring (bicyclic) bond motifs is 1. The van der Waals surface area contributed by atoms with E-state index in [-0.39, 0.29) is 11.3 Å². The molecular weight excluding hydrogens is 392 g/mol. The number of carbonyl (C=O) groups is 1. The summed E-state index contributed by atoms with van der Waals surface area (Å²) in [6.07, 6.45) is 0. The van der Waals surface area contributed by atoms with Gasteiger partial charge in [-0.1, -0.05) is 6.07 Å². The molecule has 0 spiro atoms. The number of aryl methyl sites for hydroxylation is 1. The van der Waals surface area contributed by atoms with Crippen molar-refractivity contribution in [2.24, 2.45) is 0 Å². The summed E-state index contributed by atoms with van der Waals surface area (Å²) in [7, 11) is 1.60. The average molecular weight is 410 g/mol. The van der Waals surface area contributed by atoms with Crippen LogP contribution < -0.4 is 10.1 Å². The van der Waals surface area contributed by atoms with Gasteiger partial charge in [-0.25, -0.2) is 4.68 Å². The Kier molecular flexibility index (Phi) is 4.98. The highest BCUT2D eigenvalue weighted by Gasteiger charge is 2.25. The molecule has 0 unspecified atom stereocenters. The molecule has 4 rings (SSSR count). The number of benzene rings is 2. The van der Waals surface area contributed by atoms with Crippen LogP contribution in [0.4, 0.5) is 11.5 Å². The Labute approximate surface area is 171 Å². The fraction of sp³-hybridized carbons (Fsp3) is 0.200. The van der Waals surface area contributed by atoms with Crippen LogP contribution in [0, 0.1) is 17.0 Å². The van der Waals surface area contributed by atoms with E-state index in [4.69, 9.17) is 4.74 Å². The summed E-state index contributed by atoms with van der Waals surface area (Å²) in [6.45, 7) is 1.64. The number of anilines is 1. The van der Waals surface area contributed by atoms with E-state index >= 15 is 0 Å². The van der Waals surface area contributed by atoms with Crippen LogP contribution in [0.1, 0.15) is 27.2 Å². The second-order valence-corrected chi connectivity index (χ2v) is 7.57. The van der Waals surface area contributed by atoms with E-state index in [1.807, 2.05) is 24.3 Å². The van der Waals surface area contributed by atoms with Crippen molar-refractivity contribution >= 4 is 29.2 Å². The summed E-state index contributed by atoms with van der Waals surface area (Å²) >= 11 is 1.73. The van der Waals surface area contributed by atoms with E-state index < -0.39 is 10.8 Å². The fourth-order valence-electron chi connectivity index (χ4n) is 3.18. The molecule has 3 aromatic rings. The number of amides is 1. The SMILES string of the molecule is COc1ccc(-n2nc3c(c2NC(=O)c2ccc(C)c([N+](=O)[O-])c2)CSC3)cc1. The number of nitrogens with one attached hydrogen (secondary N) is 1. The molecule has 2 heterocycles. The normalized spacial score (nSPS) is 12.5. The predicted molar refractivity (Wildman–Crippen MR) is 111 cm³/mol. The number of hydrogen-bond acceptors (Lipinski definition) is 6. The lowest BCUT2D eigenvalue weighted by molar-refractivity contribution is -0.385. The number of ether oxygens (including phenoxy) is 1. The highest BCUT2D eigenvalue weighted by Crippen LogP contribution is 2.36. The summed E-state index contributed by atoms with van der Waals surface area (Å²) in [5.41, 5.74) is 3.34. The van der Waals surface area contributed by atoms with Crippen LogP contribution in [0.15, 0.2) is 42.5 Å². The topological polar surface area (TPSA) is 99.3 Å². The van der Waals surface area contributed by atoms with Crippen molar-refractivity contribution in [2.75, 3.05) is 12.4 Å². The number of nitro groups is 1. The van der Waals surface area contributed by atoms with Gasteiger partial charge in [0.1, 0.15) is 11.6 Å². The van der Waals surface area contributed by atoms with Gasteiger partial charge in [-0.3, -0.25) is 14.9 Å². The third-order valence-corrected chi connectivity index (χ3v) is 5.74. The highest BCUT2D eigenvalue weighted by molar-refractivity contribution is 7.98. The molecule has 2 aromatic carbocycles. The maximum atomic E-state index is 12.9. The predicted octanol–water partition coefficient (Wildman–Crippen LogP) is 4.10. The van der Waals surface area contributed by atoms with E-state index in [0.29, 0.717) is 11.4 Å². The molecule has 29 heavy (non-hydrogen) atoms. The van der Waals surface area contributed by atoms with Crippen molar-refractivity contribution in [1.82, 2.24) is 9.78 Å². The number of thioether (sulfide) groups is 1. The maximum Gasteiger partial charge on any atom is 0.273 e. The molecule has 1 aromatic heterocycles. The Morgan fingerprint density at radius 1 is 1.24 bits per heavy atom. The zero-order valence-corrected chi connectivity index (χ0v) is 16.7. The largest absolute Gasteiger partial charge is 0.497 e. The number of carbonyl (C=O) groups excluding carboxylic acids is 1. The molecule has 148 valence electrons. The van der Waals surface area contributed by atoms with Crippen molar-refractivity contribution in [2.45, 2.75) is 18.4 Å². The van der Waals surface area contributed by atoms with Gasteiger partial charge in [-0.15, -0.1) is 0 Å². The molecule has 0 aliphatic carbocycles. The summed E-state index contributed by atoms with van der Waals surface area (Å²) in [5, 5.41) is 18.8. The Bertz CT molecular complexity index is 1110. The first-order chi connectivity index (χ1) is 14.0. The van der Waals surface area contributed by atoms with Crippen LogP contribution in [-0.2, 0) is 11.5 Å². The number of nitrogens with zero attached hydrogens (tertiary/aromatic N) is 3. The number of aromatic nitrogens is 2.